The van der Waals surface area contributed by atoms with Crippen molar-refractivity contribution in [3.63, 3.8) is 0 Å². The first-order valence-corrected chi connectivity index (χ1v) is 10.6. The number of carbonyl (C=O) groups is 2. The highest BCUT2D eigenvalue weighted by Crippen LogP contribution is 2.44. The standard InChI is InChI=1S/C25H21F3N2O3/c1-13-14(2)24(30(23(13)32)17-9-7-16(8-10-17)25(26,27)28)33-12-20-19-11-15-5-3-4-6-18(15)21(19)29-22(20)31/h3-10,12,19,21,24H,11H2,1-2H3,(H,29,31)/b20-12+. The van der Waals surface area contributed by atoms with E-state index in [1.165, 1.54) is 28.9 Å². The molecule has 170 valence electrons. The van der Waals surface area contributed by atoms with Crippen molar-refractivity contribution >= 4 is 17.5 Å². The van der Waals surface area contributed by atoms with Crippen molar-refractivity contribution in [2.45, 2.75) is 38.7 Å². The number of carbonyl (C=O) groups excluding carboxylic acids is 2. The van der Waals surface area contributed by atoms with Crippen molar-refractivity contribution in [3.05, 3.63) is 88.2 Å². The topological polar surface area (TPSA) is 58.6 Å². The van der Waals surface area contributed by atoms with Crippen LogP contribution in [0.25, 0.3) is 0 Å². The van der Waals surface area contributed by atoms with Crippen molar-refractivity contribution in [2.75, 3.05) is 4.90 Å². The molecule has 3 unspecified atom stereocenters. The van der Waals surface area contributed by atoms with Gasteiger partial charge in [0.15, 0.2) is 0 Å². The second-order valence-corrected chi connectivity index (χ2v) is 8.55. The van der Waals surface area contributed by atoms with Gasteiger partial charge in [0, 0.05) is 17.2 Å². The van der Waals surface area contributed by atoms with Crippen molar-refractivity contribution in [1.29, 1.82) is 0 Å². The smallest absolute Gasteiger partial charge is 0.416 e. The van der Waals surface area contributed by atoms with Gasteiger partial charge in [0.2, 0.25) is 6.23 Å². The molecule has 8 heteroatoms. The monoisotopic (exact) mass is 454 g/mol. The van der Waals surface area contributed by atoms with E-state index in [1.54, 1.807) is 13.8 Å². The van der Waals surface area contributed by atoms with Crippen LogP contribution in [0.3, 0.4) is 0 Å². The Balaban J connectivity index is 1.42. The Labute approximate surface area is 188 Å². The third-order valence-corrected chi connectivity index (χ3v) is 6.71. The molecule has 0 aromatic heterocycles. The van der Waals surface area contributed by atoms with Crippen LogP contribution >= 0.6 is 0 Å². The number of nitrogens with zero attached hydrogens (tertiary/aromatic N) is 1. The normalized spacial score (nSPS) is 25.5. The van der Waals surface area contributed by atoms with Gasteiger partial charge in [-0.2, -0.15) is 13.2 Å². The molecule has 5 nitrogen and oxygen atoms in total. The molecule has 2 amide bonds. The Kier molecular flexibility index (Phi) is 4.84. The molecule has 2 aliphatic heterocycles. The molecule has 0 saturated carbocycles. The summed E-state index contributed by atoms with van der Waals surface area (Å²) in [6, 6.07) is 12.2. The Hall–Kier alpha value is -3.55. The largest absolute Gasteiger partial charge is 0.473 e. The van der Waals surface area contributed by atoms with Crippen molar-refractivity contribution < 1.29 is 27.5 Å². The van der Waals surface area contributed by atoms with E-state index in [0.717, 1.165) is 17.7 Å². The molecule has 0 radical (unpaired) electrons. The molecule has 1 saturated heterocycles. The van der Waals surface area contributed by atoms with Gasteiger partial charge in [0.25, 0.3) is 11.8 Å². The van der Waals surface area contributed by atoms with Gasteiger partial charge < -0.3 is 10.1 Å². The van der Waals surface area contributed by atoms with Crippen LogP contribution in [0.2, 0.25) is 0 Å². The molecular formula is C25H21F3N2O3. The molecule has 5 rings (SSSR count). The van der Waals surface area contributed by atoms with Gasteiger partial charge in [0.05, 0.1) is 23.4 Å². The summed E-state index contributed by atoms with van der Waals surface area (Å²) in [6.45, 7) is 3.39. The lowest BCUT2D eigenvalue weighted by atomic mass is 9.97. The summed E-state index contributed by atoms with van der Waals surface area (Å²) in [5.41, 5.74) is 3.35. The first kappa shape index (κ1) is 21.3. The number of alkyl halides is 3. The quantitative estimate of drug-likeness (QED) is 0.542. The maximum absolute atomic E-state index is 13.0. The second kappa shape index (κ2) is 7.50. The first-order valence-electron chi connectivity index (χ1n) is 10.6. The summed E-state index contributed by atoms with van der Waals surface area (Å²) in [5.74, 6) is -0.641. The fraction of sp³-hybridized carbons (Fsp3) is 0.280. The Morgan fingerprint density at radius 1 is 1.06 bits per heavy atom. The number of fused-ring (bicyclic) bond motifs is 3. The van der Waals surface area contributed by atoms with Gasteiger partial charge in [-0.1, -0.05) is 24.3 Å². The molecule has 3 aliphatic rings. The maximum atomic E-state index is 13.0. The predicted octanol–water partition coefficient (Wildman–Crippen LogP) is 4.66. The molecule has 2 aromatic rings. The Bertz CT molecular complexity index is 1210. The predicted molar refractivity (Wildman–Crippen MR) is 115 cm³/mol. The Morgan fingerprint density at radius 3 is 2.45 bits per heavy atom. The van der Waals surface area contributed by atoms with Crippen molar-refractivity contribution in [3.8, 4) is 0 Å². The lowest BCUT2D eigenvalue weighted by Gasteiger charge is -2.26. The van der Waals surface area contributed by atoms with Crippen LogP contribution < -0.4 is 10.2 Å². The van der Waals surface area contributed by atoms with Gasteiger partial charge in [0.1, 0.15) is 0 Å². The number of amides is 2. The summed E-state index contributed by atoms with van der Waals surface area (Å²) in [4.78, 5) is 26.8. The minimum atomic E-state index is -4.47. The van der Waals surface area contributed by atoms with E-state index in [9.17, 15) is 22.8 Å². The molecule has 0 spiro atoms. The minimum absolute atomic E-state index is 0.0723. The summed E-state index contributed by atoms with van der Waals surface area (Å²) < 4.78 is 44.8. The van der Waals surface area contributed by atoms with Gasteiger partial charge in [-0.05, 0) is 61.2 Å². The van der Waals surface area contributed by atoms with Crippen LogP contribution in [0.4, 0.5) is 18.9 Å². The number of rotatable bonds is 3. The zero-order valence-electron chi connectivity index (χ0n) is 17.9. The lowest BCUT2D eigenvalue weighted by molar-refractivity contribution is -0.137. The Morgan fingerprint density at radius 2 is 1.76 bits per heavy atom. The number of nitrogens with one attached hydrogen (secondary N) is 1. The SMILES string of the molecule is CC1=C(C)C(O/C=C2/C(=O)NC3c4ccccc4CC23)N(c2ccc(C(F)(F)F)cc2)C1=O. The molecule has 0 bridgehead atoms. The third kappa shape index (κ3) is 3.41. The molecule has 3 atom stereocenters. The first-order chi connectivity index (χ1) is 15.7. The van der Waals surface area contributed by atoms with E-state index in [-0.39, 0.29) is 29.5 Å². The highest BCUT2D eigenvalue weighted by molar-refractivity contribution is 6.09. The second-order valence-electron chi connectivity index (χ2n) is 8.55. The van der Waals surface area contributed by atoms with Crippen LogP contribution in [0, 0.1) is 5.92 Å². The van der Waals surface area contributed by atoms with Crippen molar-refractivity contribution in [2.24, 2.45) is 5.92 Å². The zero-order valence-corrected chi connectivity index (χ0v) is 17.9. The summed E-state index contributed by atoms with van der Waals surface area (Å²) in [7, 11) is 0. The van der Waals surface area contributed by atoms with Crippen LogP contribution in [-0.4, -0.2) is 18.0 Å². The molecular weight excluding hydrogens is 433 g/mol. The van der Waals surface area contributed by atoms with Gasteiger partial charge in [-0.15, -0.1) is 0 Å². The number of ether oxygens (including phenoxy) is 1. The number of anilines is 1. The van der Waals surface area contributed by atoms with Crippen LogP contribution in [0.1, 0.15) is 36.6 Å². The van der Waals surface area contributed by atoms with E-state index in [0.29, 0.717) is 23.1 Å². The van der Waals surface area contributed by atoms with E-state index in [2.05, 4.69) is 5.32 Å². The van der Waals surface area contributed by atoms with E-state index >= 15 is 0 Å². The summed E-state index contributed by atoms with van der Waals surface area (Å²) >= 11 is 0. The maximum Gasteiger partial charge on any atom is 0.416 e. The highest BCUT2D eigenvalue weighted by Gasteiger charge is 2.44. The number of hydrogen-bond donors (Lipinski definition) is 1. The third-order valence-electron chi connectivity index (χ3n) is 6.71. The average Bonchev–Trinajstić information content (AvgIpc) is 3.36. The molecule has 2 heterocycles. The van der Waals surface area contributed by atoms with Gasteiger partial charge in [-0.3, -0.25) is 14.5 Å². The van der Waals surface area contributed by atoms with Crippen LogP contribution in [0.15, 0.2) is 71.5 Å². The molecule has 1 aliphatic carbocycles. The molecule has 1 N–H and O–H groups in total. The molecule has 1 fully saturated rings. The molecule has 2 aromatic carbocycles. The van der Waals surface area contributed by atoms with E-state index in [4.69, 9.17) is 4.74 Å². The van der Waals surface area contributed by atoms with Crippen molar-refractivity contribution in [1.82, 2.24) is 5.32 Å². The highest BCUT2D eigenvalue weighted by atomic mass is 19.4. The summed E-state index contributed by atoms with van der Waals surface area (Å²) in [6.07, 6.45) is -3.21. The van der Waals surface area contributed by atoms with E-state index < -0.39 is 18.0 Å². The number of hydrogen-bond acceptors (Lipinski definition) is 3. The number of halogens is 3. The molecule has 33 heavy (non-hydrogen) atoms. The van der Waals surface area contributed by atoms with Crippen LogP contribution in [0.5, 0.6) is 0 Å². The number of benzene rings is 2. The minimum Gasteiger partial charge on any atom is -0.473 e. The van der Waals surface area contributed by atoms with Gasteiger partial charge >= 0.3 is 6.18 Å². The van der Waals surface area contributed by atoms with Crippen LogP contribution in [-0.2, 0) is 26.9 Å². The summed E-state index contributed by atoms with van der Waals surface area (Å²) in [5, 5.41) is 3.00. The van der Waals surface area contributed by atoms with E-state index in [1.807, 2.05) is 24.3 Å². The van der Waals surface area contributed by atoms with Gasteiger partial charge in [-0.25, -0.2) is 0 Å². The fourth-order valence-electron chi connectivity index (χ4n) is 4.80. The fourth-order valence-corrected chi connectivity index (χ4v) is 4.80. The lowest BCUT2D eigenvalue weighted by Crippen LogP contribution is -2.36. The average molecular weight is 454 g/mol. The zero-order chi connectivity index (χ0) is 23.5.